The summed E-state index contributed by atoms with van der Waals surface area (Å²) >= 11 is 0. The summed E-state index contributed by atoms with van der Waals surface area (Å²) in [4.78, 5) is 9.63. The first-order valence-corrected chi connectivity index (χ1v) is 9.49. The topological polar surface area (TPSA) is 48.7 Å². The van der Waals surface area contributed by atoms with E-state index < -0.39 is 0 Å². The van der Waals surface area contributed by atoms with Crippen molar-refractivity contribution in [1.29, 1.82) is 0 Å². The van der Waals surface area contributed by atoms with Gasteiger partial charge in [0.05, 0.1) is 19.3 Å². The first-order valence-electron chi connectivity index (χ1n) is 9.49. The number of benzene rings is 1. The average Bonchev–Trinajstić information content (AvgIpc) is 3.06. The Labute approximate surface area is 179 Å². The van der Waals surface area contributed by atoms with Gasteiger partial charge in [-0.1, -0.05) is 12.1 Å². The molecule has 3 rings (SSSR count). The Morgan fingerprint density at radius 2 is 1.93 bits per heavy atom. The van der Waals surface area contributed by atoms with Crippen molar-refractivity contribution in [3.63, 3.8) is 0 Å². The molecule has 148 valence electrons. The normalized spacial score (nSPS) is 14.9. The molecule has 0 amide bonds. The summed E-state index contributed by atoms with van der Waals surface area (Å²) in [5.74, 6) is 1.01. The highest BCUT2D eigenvalue weighted by Gasteiger charge is 2.19. The van der Waals surface area contributed by atoms with E-state index >= 15 is 0 Å². The maximum Gasteiger partial charge on any atom is 0.194 e. The number of aromatic nitrogens is 2. The second-order valence-corrected chi connectivity index (χ2v) is 6.83. The molecule has 6 nitrogen and oxygen atoms in total. The Hall–Kier alpha value is -1.77. The lowest BCUT2D eigenvalue weighted by molar-refractivity contribution is 0.372. The maximum absolute atomic E-state index is 4.81. The molecule has 1 saturated heterocycles. The Bertz CT molecular complexity index is 734. The first kappa shape index (κ1) is 21.5. The summed E-state index contributed by atoms with van der Waals surface area (Å²) in [6, 6.07) is 8.76. The van der Waals surface area contributed by atoms with E-state index in [0.717, 1.165) is 51.8 Å². The highest BCUT2D eigenvalue weighted by Crippen LogP contribution is 2.17. The predicted molar refractivity (Wildman–Crippen MR) is 123 cm³/mol. The predicted octanol–water partition coefficient (Wildman–Crippen LogP) is 2.91. The van der Waals surface area contributed by atoms with Crippen molar-refractivity contribution >= 4 is 35.6 Å². The van der Waals surface area contributed by atoms with Crippen molar-refractivity contribution < 1.29 is 0 Å². The van der Waals surface area contributed by atoms with E-state index in [9.17, 15) is 0 Å². The minimum Gasteiger partial charge on any atom is -0.368 e. The van der Waals surface area contributed by atoms with Crippen LogP contribution in [0.1, 0.15) is 18.1 Å². The number of halogens is 1. The highest BCUT2D eigenvalue weighted by atomic mass is 127. The van der Waals surface area contributed by atoms with E-state index in [1.807, 2.05) is 10.9 Å². The van der Waals surface area contributed by atoms with Gasteiger partial charge in [-0.25, -0.2) is 0 Å². The molecule has 2 heterocycles. The number of anilines is 1. The van der Waals surface area contributed by atoms with Crippen LogP contribution in [0.3, 0.4) is 0 Å². The molecule has 0 radical (unpaired) electrons. The lowest BCUT2D eigenvalue weighted by Crippen LogP contribution is -2.52. The standard InChI is InChI=1S/C20H30N6.HI/c1-4-21-20(22-8-9-26-16-18(3)15-23-26)25-12-10-24(11-13-25)19-7-5-6-17(2)14-19;/h5-7,14-16H,4,8-13H2,1-3H3,(H,21,22);1H. The van der Waals surface area contributed by atoms with E-state index in [1.165, 1.54) is 16.8 Å². The molecule has 0 saturated carbocycles. The molecule has 2 aromatic rings. The monoisotopic (exact) mass is 482 g/mol. The summed E-state index contributed by atoms with van der Waals surface area (Å²) in [7, 11) is 0. The average molecular weight is 482 g/mol. The van der Waals surface area contributed by atoms with Crippen LogP contribution >= 0.6 is 24.0 Å². The fraction of sp³-hybridized carbons (Fsp3) is 0.500. The van der Waals surface area contributed by atoms with Gasteiger partial charge in [0.25, 0.3) is 0 Å². The van der Waals surface area contributed by atoms with E-state index in [0.29, 0.717) is 0 Å². The van der Waals surface area contributed by atoms with Crippen molar-refractivity contribution in [2.75, 3.05) is 44.2 Å². The van der Waals surface area contributed by atoms with Crippen molar-refractivity contribution in [1.82, 2.24) is 20.0 Å². The fourth-order valence-electron chi connectivity index (χ4n) is 3.27. The number of hydrogen-bond donors (Lipinski definition) is 1. The minimum absolute atomic E-state index is 0. The van der Waals surface area contributed by atoms with Crippen LogP contribution in [-0.4, -0.2) is 59.9 Å². The number of aliphatic imine (C=N–C) groups is 1. The van der Waals surface area contributed by atoms with E-state index in [4.69, 9.17) is 4.99 Å². The highest BCUT2D eigenvalue weighted by molar-refractivity contribution is 14.0. The van der Waals surface area contributed by atoms with Gasteiger partial charge in [0.2, 0.25) is 0 Å². The molecule has 1 aliphatic heterocycles. The molecule has 0 spiro atoms. The zero-order chi connectivity index (χ0) is 18.4. The number of nitrogens with one attached hydrogen (secondary N) is 1. The summed E-state index contributed by atoms with van der Waals surface area (Å²) in [6.45, 7) is 12.8. The second kappa shape index (κ2) is 10.5. The lowest BCUT2D eigenvalue weighted by Gasteiger charge is -2.37. The van der Waals surface area contributed by atoms with E-state index in [-0.39, 0.29) is 24.0 Å². The number of rotatable bonds is 5. The van der Waals surface area contributed by atoms with Gasteiger partial charge in [-0.05, 0) is 44.0 Å². The van der Waals surface area contributed by atoms with Crippen molar-refractivity contribution in [3.8, 4) is 0 Å². The smallest absolute Gasteiger partial charge is 0.194 e. The van der Waals surface area contributed by atoms with Crippen molar-refractivity contribution in [2.24, 2.45) is 4.99 Å². The minimum atomic E-state index is 0. The molecular formula is C20H31IN6. The van der Waals surface area contributed by atoms with Crippen LogP contribution in [0.25, 0.3) is 0 Å². The molecule has 1 N–H and O–H groups in total. The zero-order valence-electron chi connectivity index (χ0n) is 16.6. The Morgan fingerprint density at radius 3 is 2.56 bits per heavy atom. The molecule has 0 atom stereocenters. The van der Waals surface area contributed by atoms with Gasteiger partial charge in [-0.15, -0.1) is 24.0 Å². The molecule has 1 aromatic heterocycles. The van der Waals surface area contributed by atoms with Gasteiger partial charge < -0.3 is 15.1 Å². The van der Waals surface area contributed by atoms with Crippen LogP contribution in [0, 0.1) is 13.8 Å². The van der Waals surface area contributed by atoms with Crippen LogP contribution in [0.5, 0.6) is 0 Å². The molecule has 1 aromatic carbocycles. The zero-order valence-corrected chi connectivity index (χ0v) is 18.9. The number of nitrogens with zero attached hydrogens (tertiary/aromatic N) is 5. The fourth-order valence-corrected chi connectivity index (χ4v) is 3.27. The summed E-state index contributed by atoms with van der Waals surface area (Å²) < 4.78 is 1.96. The summed E-state index contributed by atoms with van der Waals surface area (Å²) in [5, 5.41) is 7.76. The quantitative estimate of drug-likeness (QED) is 0.405. The van der Waals surface area contributed by atoms with Crippen molar-refractivity contribution in [3.05, 3.63) is 47.8 Å². The molecule has 0 bridgehead atoms. The van der Waals surface area contributed by atoms with Crippen molar-refractivity contribution in [2.45, 2.75) is 27.3 Å². The lowest BCUT2D eigenvalue weighted by atomic mass is 10.2. The van der Waals surface area contributed by atoms with Crippen LogP contribution in [0.15, 0.2) is 41.7 Å². The van der Waals surface area contributed by atoms with Crippen LogP contribution in [0.4, 0.5) is 5.69 Å². The largest absolute Gasteiger partial charge is 0.368 e. The molecule has 7 heteroatoms. The summed E-state index contributed by atoms with van der Waals surface area (Å²) in [5.41, 5.74) is 3.82. The molecule has 0 aliphatic carbocycles. The Kier molecular flexibility index (Phi) is 8.40. The number of guanidine groups is 1. The maximum atomic E-state index is 4.81. The third-order valence-corrected chi connectivity index (χ3v) is 4.63. The molecule has 0 unspecified atom stereocenters. The van der Waals surface area contributed by atoms with E-state index in [2.05, 4.69) is 71.4 Å². The van der Waals surface area contributed by atoms with Crippen LogP contribution < -0.4 is 10.2 Å². The third-order valence-electron chi connectivity index (χ3n) is 4.63. The molecular weight excluding hydrogens is 451 g/mol. The van der Waals surface area contributed by atoms with Gasteiger partial charge >= 0.3 is 0 Å². The van der Waals surface area contributed by atoms with Gasteiger partial charge in [-0.3, -0.25) is 9.67 Å². The van der Waals surface area contributed by atoms with Crippen LogP contribution in [-0.2, 0) is 6.54 Å². The van der Waals surface area contributed by atoms with Gasteiger partial charge in [-0.2, -0.15) is 5.10 Å². The Balaban J connectivity index is 0.00000261. The van der Waals surface area contributed by atoms with Gasteiger partial charge in [0.1, 0.15) is 0 Å². The molecule has 1 fully saturated rings. The molecule has 1 aliphatic rings. The third kappa shape index (κ3) is 6.12. The molecule has 27 heavy (non-hydrogen) atoms. The Morgan fingerprint density at radius 1 is 1.15 bits per heavy atom. The first-order chi connectivity index (χ1) is 12.7. The summed E-state index contributed by atoms with van der Waals surface area (Å²) in [6.07, 6.45) is 3.95. The van der Waals surface area contributed by atoms with Gasteiger partial charge in [0.15, 0.2) is 5.96 Å². The number of aryl methyl sites for hydroxylation is 2. The van der Waals surface area contributed by atoms with Gasteiger partial charge in [0, 0.05) is 44.6 Å². The SMILES string of the molecule is CCNC(=NCCn1cc(C)cn1)N1CCN(c2cccc(C)c2)CC1.I. The van der Waals surface area contributed by atoms with Crippen LogP contribution in [0.2, 0.25) is 0 Å². The number of piperazine rings is 1. The second-order valence-electron chi connectivity index (χ2n) is 6.83. The number of hydrogen-bond acceptors (Lipinski definition) is 3. The van der Waals surface area contributed by atoms with E-state index in [1.54, 1.807) is 0 Å².